The van der Waals surface area contributed by atoms with Gasteiger partial charge in [-0.2, -0.15) is 10.1 Å². The molecule has 158 valence electrons. The molecule has 0 spiro atoms. The van der Waals surface area contributed by atoms with Gasteiger partial charge >= 0.3 is 0 Å². The first-order chi connectivity index (χ1) is 15.5. The number of ether oxygens (including phenoxy) is 1. The van der Waals surface area contributed by atoms with E-state index in [0.29, 0.717) is 22.9 Å². The van der Waals surface area contributed by atoms with Gasteiger partial charge in [-0.25, -0.2) is 9.37 Å². The predicted molar refractivity (Wildman–Crippen MR) is 120 cm³/mol. The van der Waals surface area contributed by atoms with Crippen molar-refractivity contribution < 1.29 is 9.13 Å². The molecule has 0 unspecified atom stereocenters. The topological polar surface area (TPSA) is 104 Å². The first-order valence-electron chi connectivity index (χ1n) is 9.76. The van der Waals surface area contributed by atoms with Crippen LogP contribution in [0.3, 0.4) is 0 Å². The normalized spacial score (nSPS) is 10.9. The number of nitrogen functional groups attached to an aromatic ring is 1. The van der Waals surface area contributed by atoms with E-state index in [-0.39, 0.29) is 11.7 Å². The number of nitrogens with zero attached hydrogens (tertiary/aromatic N) is 5. The molecule has 0 bridgehead atoms. The van der Waals surface area contributed by atoms with Crippen LogP contribution < -0.4 is 15.8 Å². The number of aromatic nitrogens is 5. The highest BCUT2D eigenvalue weighted by Crippen LogP contribution is 2.30. The quantitative estimate of drug-likeness (QED) is 0.420. The van der Waals surface area contributed by atoms with Crippen LogP contribution in [0.25, 0.3) is 22.2 Å². The van der Waals surface area contributed by atoms with Crippen molar-refractivity contribution in [3.63, 3.8) is 0 Å². The third-order valence-electron chi connectivity index (χ3n) is 4.87. The highest BCUT2D eigenvalue weighted by atomic mass is 19.1. The standard InChI is InChI=1S/C23H18FN7O/c1-31-20-4-3-17(10-15(20)13-27-31)32-21-5-2-16(11-18(21)24)28-22-12-19(29-23(25)30-22)14-6-8-26-9-7-14/h2-13H,1H3,(H3,25,28,29,30). The molecular formula is C23H18FN7O. The number of hydrogen-bond donors (Lipinski definition) is 2. The van der Waals surface area contributed by atoms with Crippen LogP contribution in [0, 0.1) is 5.82 Å². The van der Waals surface area contributed by atoms with Gasteiger partial charge in [0.2, 0.25) is 5.95 Å². The minimum absolute atomic E-state index is 0.105. The summed E-state index contributed by atoms with van der Waals surface area (Å²) in [7, 11) is 1.86. The fraction of sp³-hybridized carbons (Fsp3) is 0.0435. The van der Waals surface area contributed by atoms with Gasteiger partial charge in [0.15, 0.2) is 11.6 Å². The van der Waals surface area contributed by atoms with Crippen molar-refractivity contribution in [2.75, 3.05) is 11.1 Å². The SMILES string of the molecule is Cn1ncc2cc(Oc3ccc(Nc4cc(-c5ccncc5)nc(N)n4)cc3F)ccc21. The number of rotatable bonds is 5. The summed E-state index contributed by atoms with van der Waals surface area (Å²) in [4.78, 5) is 12.4. The maximum absolute atomic E-state index is 14.7. The molecule has 8 nitrogen and oxygen atoms in total. The number of aryl methyl sites for hydroxylation is 1. The summed E-state index contributed by atoms with van der Waals surface area (Å²) >= 11 is 0. The van der Waals surface area contributed by atoms with Gasteiger partial charge < -0.3 is 15.8 Å². The van der Waals surface area contributed by atoms with E-state index in [0.717, 1.165) is 16.5 Å². The first-order valence-corrected chi connectivity index (χ1v) is 9.76. The second kappa shape index (κ2) is 7.95. The third-order valence-corrected chi connectivity index (χ3v) is 4.87. The summed E-state index contributed by atoms with van der Waals surface area (Å²) in [6, 6.07) is 15.4. The average Bonchev–Trinajstić information content (AvgIpc) is 3.16. The zero-order valence-electron chi connectivity index (χ0n) is 17.0. The Morgan fingerprint density at radius 3 is 2.66 bits per heavy atom. The van der Waals surface area contributed by atoms with E-state index in [2.05, 4.69) is 25.4 Å². The largest absolute Gasteiger partial charge is 0.454 e. The minimum atomic E-state index is -0.516. The molecule has 3 aromatic heterocycles. The summed E-state index contributed by atoms with van der Waals surface area (Å²) in [6.07, 6.45) is 5.07. The van der Waals surface area contributed by atoms with Crippen LogP contribution in [-0.4, -0.2) is 24.7 Å². The number of anilines is 3. The van der Waals surface area contributed by atoms with Gasteiger partial charge in [-0.15, -0.1) is 0 Å². The summed E-state index contributed by atoms with van der Waals surface area (Å²) in [5, 5.41) is 8.17. The number of benzene rings is 2. The van der Waals surface area contributed by atoms with Crippen LogP contribution in [0.15, 0.2) is 73.2 Å². The van der Waals surface area contributed by atoms with Gasteiger partial charge in [0.25, 0.3) is 0 Å². The van der Waals surface area contributed by atoms with Crippen molar-refractivity contribution in [1.82, 2.24) is 24.7 Å². The molecule has 0 saturated carbocycles. The Morgan fingerprint density at radius 1 is 1.00 bits per heavy atom. The van der Waals surface area contributed by atoms with Crippen LogP contribution >= 0.6 is 0 Å². The van der Waals surface area contributed by atoms with E-state index < -0.39 is 5.82 Å². The van der Waals surface area contributed by atoms with Crippen molar-refractivity contribution in [1.29, 1.82) is 0 Å². The Morgan fingerprint density at radius 2 is 1.84 bits per heavy atom. The van der Waals surface area contributed by atoms with Crippen LogP contribution in [0.5, 0.6) is 11.5 Å². The molecule has 2 aromatic carbocycles. The molecule has 0 radical (unpaired) electrons. The number of nitrogens with two attached hydrogens (primary N) is 1. The van der Waals surface area contributed by atoms with Crippen molar-refractivity contribution in [3.05, 3.63) is 79.0 Å². The highest BCUT2D eigenvalue weighted by Gasteiger charge is 2.10. The fourth-order valence-corrected chi connectivity index (χ4v) is 3.34. The maximum Gasteiger partial charge on any atom is 0.222 e. The fourth-order valence-electron chi connectivity index (χ4n) is 3.34. The van der Waals surface area contributed by atoms with Crippen LogP contribution in [0.1, 0.15) is 0 Å². The second-order valence-corrected chi connectivity index (χ2v) is 7.09. The molecular weight excluding hydrogens is 409 g/mol. The lowest BCUT2D eigenvalue weighted by Crippen LogP contribution is -2.02. The Bertz CT molecular complexity index is 1420. The molecule has 9 heteroatoms. The third kappa shape index (κ3) is 3.91. The van der Waals surface area contributed by atoms with Crippen LogP contribution in [0.4, 0.5) is 21.8 Å². The van der Waals surface area contributed by atoms with E-state index in [1.165, 1.54) is 6.07 Å². The van der Waals surface area contributed by atoms with E-state index in [1.54, 1.807) is 47.5 Å². The van der Waals surface area contributed by atoms with Gasteiger partial charge in [0.05, 0.1) is 17.4 Å². The van der Waals surface area contributed by atoms with E-state index in [4.69, 9.17) is 10.5 Å². The van der Waals surface area contributed by atoms with Gasteiger partial charge in [0, 0.05) is 48.2 Å². The van der Waals surface area contributed by atoms with Crippen LogP contribution in [0.2, 0.25) is 0 Å². The molecule has 5 aromatic rings. The van der Waals surface area contributed by atoms with Gasteiger partial charge in [-0.3, -0.25) is 9.67 Å². The number of fused-ring (bicyclic) bond motifs is 1. The van der Waals surface area contributed by atoms with E-state index in [1.807, 2.05) is 31.3 Å². The maximum atomic E-state index is 14.7. The summed E-state index contributed by atoms with van der Waals surface area (Å²) in [6.45, 7) is 0. The Kier molecular flexibility index (Phi) is 4.83. The minimum Gasteiger partial charge on any atom is -0.454 e. The molecule has 0 aliphatic carbocycles. The van der Waals surface area contributed by atoms with Crippen molar-refractivity contribution in [2.45, 2.75) is 0 Å². The molecule has 0 saturated heterocycles. The first kappa shape index (κ1) is 19.4. The molecule has 3 heterocycles. The molecule has 32 heavy (non-hydrogen) atoms. The van der Waals surface area contributed by atoms with Gasteiger partial charge in [0.1, 0.15) is 11.6 Å². The second-order valence-electron chi connectivity index (χ2n) is 7.09. The van der Waals surface area contributed by atoms with Gasteiger partial charge in [-0.1, -0.05) is 0 Å². The highest BCUT2D eigenvalue weighted by molar-refractivity contribution is 5.80. The molecule has 0 aliphatic heterocycles. The van der Waals surface area contributed by atoms with Gasteiger partial charge in [-0.05, 0) is 42.5 Å². The molecule has 0 aliphatic rings. The molecule has 3 N–H and O–H groups in total. The van der Waals surface area contributed by atoms with E-state index in [9.17, 15) is 4.39 Å². The van der Waals surface area contributed by atoms with Crippen molar-refractivity contribution in [2.24, 2.45) is 7.05 Å². The Hall–Kier alpha value is -4.53. The number of nitrogens with one attached hydrogen (secondary N) is 1. The zero-order chi connectivity index (χ0) is 22.1. The Labute approximate surface area is 182 Å². The molecule has 0 atom stereocenters. The number of hydrogen-bond acceptors (Lipinski definition) is 7. The van der Waals surface area contributed by atoms with E-state index >= 15 is 0 Å². The van der Waals surface area contributed by atoms with Crippen LogP contribution in [-0.2, 0) is 7.05 Å². The molecule has 0 amide bonds. The number of halogens is 1. The monoisotopic (exact) mass is 427 g/mol. The molecule has 0 fully saturated rings. The Balaban J connectivity index is 1.37. The summed E-state index contributed by atoms with van der Waals surface area (Å²) in [5.41, 5.74) is 8.79. The average molecular weight is 427 g/mol. The van der Waals surface area contributed by atoms with Crippen molar-refractivity contribution in [3.8, 4) is 22.8 Å². The summed E-state index contributed by atoms with van der Waals surface area (Å²) < 4.78 is 22.2. The predicted octanol–water partition coefficient (Wildman–Crippen LogP) is 4.68. The summed E-state index contributed by atoms with van der Waals surface area (Å²) in [5.74, 6) is 0.666. The lowest BCUT2D eigenvalue weighted by molar-refractivity contribution is 0.443. The van der Waals surface area contributed by atoms with Crippen molar-refractivity contribution >= 4 is 28.4 Å². The lowest BCUT2D eigenvalue weighted by Gasteiger charge is -2.11. The lowest BCUT2D eigenvalue weighted by atomic mass is 10.2. The smallest absolute Gasteiger partial charge is 0.222 e. The zero-order valence-corrected chi connectivity index (χ0v) is 17.0. The molecule has 5 rings (SSSR count). The number of pyridine rings is 1.